The van der Waals surface area contributed by atoms with E-state index < -0.39 is 5.41 Å². The number of rotatable bonds is 3. The predicted molar refractivity (Wildman–Crippen MR) is 87.4 cm³/mol. The second-order valence-electron chi connectivity index (χ2n) is 5.12. The van der Waals surface area contributed by atoms with Gasteiger partial charge in [0, 0.05) is 15.7 Å². The molecule has 3 N–H and O–H groups in total. The number of benzene rings is 1. The van der Waals surface area contributed by atoms with Gasteiger partial charge in [0.25, 0.3) is 0 Å². The second-order valence-corrected chi connectivity index (χ2v) is 6.43. The van der Waals surface area contributed by atoms with Gasteiger partial charge in [0.05, 0.1) is 10.4 Å². The van der Waals surface area contributed by atoms with E-state index >= 15 is 0 Å². The molecule has 1 aromatic rings. The molecule has 0 heterocycles. The molecule has 1 fully saturated rings. The summed E-state index contributed by atoms with van der Waals surface area (Å²) in [5.41, 5.74) is 5.65. The molecule has 1 saturated carbocycles. The fourth-order valence-electron chi connectivity index (χ4n) is 2.62. The lowest BCUT2D eigenvalue weighted by Crippen LogP contribution is -2.47. The number of hydrogen-bond acceptors (Lipinski definition) is 2. The van der Waals surface area contributed by atoms with E-state index in [2.05, 4.69) is 5.32 Å². The van der Waals surface area contributed by atoms with E-state index in [1.165, 1.54) is 0 Å². The lowest BCUT2D eigenvalue weighted by molar-refractivity contribution is -0.123. The SMILES string of the molecule is NC(=S)C1(C(=O)Nc2cc(Cl)cc(Cl)c2)CCCCC1. The maximum Gasteiger partial charge on any atom is 0.237 e. The minimum Gasteiger partial charge on any atom is -0.392 e. The van der Waals surface area contributed by atoms with E-state index in [1.54, 1.807) is 18.2 Å². The Hall–Kier alpha value is -0.840. The molecule has 0 atom stereocenters. The number of nitrogens with one attached hydrogen (secondary N) is 1. The molecular weight excluding hydrogens is 315 g/mol. The van der Waals surface area contributed by atoms with Crippen LogP contribution >= 0.6 is 35.4 Å². The summed E-state index contributed by atoms with van der Waals surface area (Å²) in [6, 6.07) is 4.92. The Balaban J connectivity index is 2.22. The molecule has 6 heteroatoms. The van der Waals surface area contributed by atoms with Crippen LogP contribution in [0.3, 0.4) is 0 Å². The number of thiocarbonyl (C=S) groups is 1. The van der Waals surface area contributed by atoms with Crippen molar-refractivity contribution in [3.63, 3.8) is 0 Å². The van der Waals surface area contributed by atoms with Crippen LogP contribution < -0.4 is 11.1 Å². The standard InChI is InChI=1S/C14H16Cl2N2OS/c15-9-6-10(16)8-11(7-9)18-13(19)14(12(17)20)4-2-1-3-5-14/h6-8H,1-5H2,(H2,17,20)(H,18,19). The topological polar surface area (TPSA) is 55.1 Å². The Labute approximate surface area is 133 Å². The number of nitrogens with two attached hydrogens (primary N) is 1. The number of anilines is 1. The van der Waals surface area contributed by atoms with Gasteiger partial charge in [0.15, 0.2) is 0 Å². The number of amides is 1. The fraction of sp³-hybridized carbons (Fsp3) is 0.429. The van der Waals surface area contributed by atoms with Crippen LogP contribution in [0.5, 0.6) is 0 Å². The molecule has 1 aliphatic carbocycles. The highest BCUT2D eigenvalue weighted by Crippen LogP contribution is 2.38. The number of halogens is 2. The molecule has 20 heavy (non-hydrogen) atoms. The number of carbonyl (C=O) groups is 1. The summed E-state index contributed by atoms with van der Waals surface area (Å²) in [6.07, 6.45) is 4.42. The van der Waals surface area contributed by atoms with E-state index in [1.807, 2.05) is 0 Å². The Bertz CT molecular complexity index is 522. The first kappa shape index (κ1) is 15.5. The van der Waals surface area contributed by atoms with Crippen molar-refractivity contribution in [2.24, 2.45) is 11.1 Å². The van der Waals surface area contributed by atoms with Crippen molar-refractivity contribution >= 4 is 52.0 Å². The largest absolute Gasteiger partial charge is 0.392 e. The van der Waals surface area contributed by atoms with Crippen molar-refractivity contribution in [1.82, 2.24) is 0 Å². The van der Waals surface area contributed by atoms with Crippen LogP contribution in [0.15, 0.2) is 18.2 Å². The van der Waals surface area contributed by atoms with Gasteiger partial charge < -0.3 is 11.1 Å². The third kappa shape index (κ3) is 3.25. The highest BCUT2D eigenvalue weighted by molar-refractivity contribution is 7.80. The van der Waals surface area contributed by atoms with Crippen molar-refractivity contribution in [2.75, 3.05) is 5.32 Å². The molecule has 0 spiro atoms. The molecule has 0 saturated heterocycles. The zero-order valence-electron chi connectivity index (χ0n) is 10.9. The van der Waals surface area contributed by atoms with Crippen molar-refractivity contribution in [1.29, 1.82) is 0 Å². The molecule has 2 rings (SSSR count). The smallest absolute Gasteiger partial charge is 0.237 e. The van der Waals surface area contributed by atoms with E-state index in [-0.39, 0.29) is 10.9 Å². The molecule has 1 aliphatic rings. The summed E-state index contributed by atoms with van der Waals surface area (Å²) >= 11 is 17.0. The zero-order valence-corrected chi connectivity index (χ0v) is 13.2. The summed E-state index contributed by atoms with van der Waals surface area (Å²) in [5.74, 6) is -0.164. The Morgan fingerprint density at radius 1 is 1.15 bits per heavy atom. The maximum absolute atomic E-state index is 12.6. The van der Waals surface area contributed by atoms with Crippen LogP contribution in [0.4, 0.5) is 5.69 Å². The van der Waals surface area contributed by atoms with Crippen molar-refractivity contribution in [3.8, 4) is 0 Å². The number of carbonyl (C=O) groups excluding carboxylic acids is 1. The summed E-state index contributed by atoms with van der Waals surface area (Å²) < 4.78 is 0. The molecular formula is C14H16Cl2N2OS. The molecule has 108 valence electrons. The van der Waals surface area contributed by atoms with Gasteiger partial charge in [-0.2, -0.15) is 0 Å². The van der Waals surface area contributed by atoms with Gasteiger partial charge in [-0.15, -0.1) is 0 Å². The predicted octanol–water partition coefficient (Wildman–Crippen LogP) is 4.17. The van der Waals surface area contributed by atoms with Gasteiger partial charge in [-0.3, -0.25) is 4.79 Å². The van der Waals surface area contributed by atoms with Crippen LogP contribution in [0.25, 0.3) is 0 Å². The molecule has 0 bridgehead atoms. The molecule has 0 aromatic heterocycles. The average Bonchev–Trinajstić information content (AvgIpc) is 2.38. The highest BCUT2D eigenvalue weighted by atomic mass is 35.5. The van der Waals surface area contributed by atoms with Crippen LogP contribution in [-0.4, -0.2) is 10.9 Å². The van der Waals surface area contributed by atoms with Gasteiger partial charge in [0.2, 0.25) is 5.91 Å². The summed E-state index contributed by atoms with van der Waals surface area (Å²) in [5, 5.41) is 3.79. The quantitative estimate of drug-likeness (QED) is 0.818. The minimum atomic E-state index is -0.748. The summed E-state index contributed by atoms with van der Waals surface area (Å²) in [7, 11) is 0. The first-order chi connectivity index (χ1) is 9.44. The van der Waals surface area contributed by atoms with Gasteiger partial charge >= 0.3 is 0 Å². The molecule has 1 amide bonds. The van der Waals surface area contributed by atoms with Crippen LogP contribution in [0, 0.1) is 5.41 Å². The molecule has 3 nitrogen and oxygen atoms in total. The Morgan fingerprint density at radius 2 is 1.70 bits per heavy atom. The van der Waals surface area contributed by atoms with Crippen molar-refractivity contribution in [2.45, 2.75) is 32.1 Å². The van der Waals surface area contributed by atoms with Gasteiger partial charge in [0.1, 0.15) is 0 Å². The third-order valence-corrected chi connectivity index (χ3v) is 4.56. The maximum atomic E-state index is 12.6. The third-order valence-electron chi connectivity index (χ3n) is 3.73. The van der Waals surface area contributed by atoms with Crippen LogP contribution in [0.2, 0.25) is 10.0 Å². The lowest BCUT2D eigenvalue weighted by Gasteiger charge is -2.34. The summed E-state index contributed by atoms with van der Waals surface area (Å²) in [6.45, 7) is 0. The Kier molecular flexibility index (Phi) is 4.89. The molecule has 0 unspecified atom stereocenters. The first-order valence-electron chi connectivity index (χ1n) is 6.51. The average molecular weight is 331 g/mol. The molecule has 1 aromatic carbocycles. The summed E-state index contributed by atoms with van der Waals surface area (Å²) in [4.78, 5) is 12.9. The first-order valence-corrected chi connectivity index (χ1v) is 7.68. The van der Waals surface area contributed by atoms with E-state index in [0.29, 0.717) is 28.6 Å². The van der Waals surface area contributed by atoms with E-state index in [9.17, 15) is 4.79 Å². The van der Waals surface area contributed by atoms with Gasteiger partial charge in [-0.25, -0.2) is 0 Å². The zero-order chi connectivity index (χ0) is 14.8. The highest BCUT2D eigenvalue weighted by Gasteiger charge is 2.42. The van der Waals surface area contributed by atoms with Crippen molar-refractivity contribution in [3.05, 3.63) is 28.2 Å². The van der Waals surface area contributed by atoms with Gasteiger partial charge in [-0.1, -0.05) is 54.7 Å². The van der Waals surface area contributed by atoms with Gasteiger partial charge in [-0.05, 0) is 31.0 Å². The van der Waals surface area contributed by atoms with Crippen molar-refractivity contribution < 1.29 is 4.79 Å². The number of hydrogen-bond donors (Lipinski definition) is 2. The minimum absolute atomic E-state index is 0.164. The Morgan fingerprint density at radius 3 is 2.20 bits per heavy atom. The fourth-order valence-corrected chi connectivity index (χ4v) is 3.44. The monoisotopic (exact) mass is 330 g/mol. The molecule has 0 aliphatic heterocycles. The van der Waals surface area contributed by atoms with Crippen LogP contribution in [-0.2, 0) is 4.79 Å². The van der Waals surface area contributed by atoms with Crippen LogP contribution in [0.1, 0.15) is 32.1 Å². The second kappa shape index (κ2) is 6.29. The normalized spacial score (nSPS) is 17.5. The van der Waals surface area contributed by atoms with E-state index in [4.69, 9.17) is 41.2 Å². The lowest BCUT2D eigenvalue weighted by atomic mass is 9.73. The molecule has 0 radical (unpaired) electrons. The van der Waals surface area contributed by atoms with E-state index in [0.717, 1.165) is 19.3 Å².